The van der Waals surface area contributed by atoms with Gasteiger partial charge in [0, 0.05) is 12.0 Å². The molecular formula is C17H14ClN3O3S. The molecule has 1 amide bonds. The van der Waals surface area contributed by atoms with Crippen LogP contribution in [0.4, 0.5) is 0 Å². The van der Waals surface area contributed by atoms with Crippen molar-refractivity contribution in [2.24, 2.45) is 0 Å². The average Bonchev–Trinajstić information content (AvgIpc) is 3.32. The molecule has 25 heavy (non-hydrogen) atoms. The Kier molecular flexibility index (Phi) is 4.19. The Morgan fingerprint density at radius 2 is 2.28 bits per heavy atom. The molecule has 6 nitrogen and oxygen atoms in total. The van der Waals surface area contributed by atoms with Crippen molar-refractivity contribution in [1.82, 2.24) is 15.6 Å². The van der Waals surface area contributed by atoms with E-state index in [1.165, 1.54) is 0 Å². The molecule has 2 aromatic heterocycles. The first-order chi connectivity index (χ1) is 12.1. The zero-order valence-corrected chi connectivity index (χ0v) is 14.9. The molecule has 3 aromatic rings. The fourth-order valence-electron chi connectivity index (χ4n) is 2.82. The summed E-state index contributed by atoms with van der Waals surface area (Å²) in [6.07, 6.45) is 0.512. The maximum Gasteiger partial charge on any atom is 0.275 e. The average molecular weight is 376 g/mol. The first kappa shape index (κ1) is 16.1. The van der Waals surface area contributed by atoms with Crippen LogP contribution in [-0.2, 0) is 6.42 Å². The molecule has 4 rings (SSSR count). The van der Waals surface area contributed by atoms with Crippen molar-refractivity contribution in [3.8, 4) is 16.9 Å². The van der Waals surface area contributed by atoms with Crippen molar-refractivity contribution in [3.63, 3.8) is 0 Å². The zero-order valence-electron chi connectivity index (χ0n) is 13.3. The quantitative estimate of drug-likeness (QED) is 0.755. The molecule has 8 heteroatoms. The third kappa shape index (κ3) is 3.12. The van der Waals surface area contributed by atoms with Gasteiger partial charge < -0.3 is 10.1 Å². The lowest BCUT2D eigenvalue weighted by molar-refractivity contribution is 0.0923. The number of hydrogen-bond acceptors (Lipinski definition) is 6. The molecule has 0 aliphatic carbocycles. The smallest absolute Gasteiger partial charge is 0.275 e. The van der Waals surface area contributed by atoms with Crippen LogP contribution in [0, 0.1) is 6.92 Å². The van der Waals surface area contributed by atoms with Gasteiger partial charge in [0.05, 0.1) is 11.6 Å². The fourth-order valence-corrected chi connectivity index (χ4v) is 3.77. The van der Waals surface area contributed by atoms with Crippen molar-refractivity contribution in [2.75, 3.05) is 6.54 Å². The number of thiophene rings is 1. The lowest BCUT2D eigenvalue weighted by Gasteiger charge is -2.11. The van der Waals surface area contributed by atoms with E-state index >= 15 is 0 Å². The molecule has 0 saturated carbocycles. The topological polar surface area (TPSA) is 77.2 Å². The van der Waals surface area contributed by atoms with Gasteiger partial charge in [-0.1, -0.05) is 16.8 Å². The second kappa shape index (κ2) is 6.50. The zero-order chi connectivity index (χ0) is 17.4. The lowest BCUT2D eigenvalue weighted by Crippen LogP contribution is -2.34. The highest BCUT2D eigenvalue weighted by Crippen LogP contribution is 2.39. The van der Waals surface area contributed by atoms with Crippen molar-refractivity contribution < 1.29 is 14.2 Å². The molecule has 1 N–H and O–H groups in total. The van der Waals surface area contributed by atoms with Crippen LogP contribution in [-0.4, -0.2) is 28.9 Å². The molecule has 1 unspecified atom stereocenters. The molecular weight excluding hydrogens is 362 g/mol. The number of nitrogens with one attached hydrogen (secondary N) is 1. The van der Waals surface area contributed by atoms with E-state index < -0.39 is 0 Å². The van der Waals surface area contributed by atoms with Crippen molar-refractivity contribution in [1.29, 1.82) is 0 Å². The SMILES string of the molecule is Cc1nonc1C(=O)NCC1Cc2cc(-c3ccsc3)cc(Cl)c2O1. The number of halogens is 1. The predicted molar refractivity (Wildman–Crippen MR) is 94.3 cm³/mol. The summed E-state index contributed by atoms with van der Waals surface area (Å²) in [5, 5.41) is 14.7. The van der Waals surface area contributed by atoms with Crippen LogP contribution in [0.2, 0.25) is 5.02 Å². The fraction of sp³-hybridized carbons (Fsp3) is 0.235. The highest BCUT2D eigenvalue weighted by atomic mass is 35.5. The first-order valence-corrected chi connectivity index (χ1v) is 9.03. The van der Waals surface area contributed by atoms with Crippen LogP contribution in [0.25, 0.3) is 11.1 Å². The molecule has 0 fully saturated rings. The first-order valence-electron chi connectivity index (χ1n) is 7.71. The number of carbonyl (C=O) groups excluding carboxylic acids is 1. The number of hydrogen-bond donors (Lipinski definition) is 1. The second-order valence-corrected chi connectivity index (χ2v) is 7.00. The maximum atomic E-state index is 12.1. The Morgan fingerprint density at radius 3 is 3.00 bits per heavy atom. The summed E-state index contributed by atoms with van der Waals surface area (Å²) in [5.41, 5.74) is 3.90. The largest absolute Gasteiger partial charge is 0.486 e. The Bertz CT molecular complexity index is 923. The van der Waals surface area contributed by atoms with E-state index in [0.29, 0.717) is 29.4 Å². The lowest BCUT2D eigenvalue weighted by atomic mass is 10.0. The van der Waals surface area contributed by atoms with E-state index in [1.807, 2.05) is 11.4 Å². The van der Waals surface area contributed by atoms with E-state index in [0.717, 1.165) is 16.7 Å². The van der Waals surface area contributed by atoms with Gasteiger partial charge in [0.2, 0.25) is 0 Å². The number of carbonyl (C=O) groups is 1. The summed E-state index contributed by atoms with van der Waals surface area (Å²) in [4.78, 5) is 12.1. The van der Waals surface area contributed by atoms with Gasteiger partial charge >= 0.3 is 0 Å². The summed E-state index contributed by atoms with van der Waals surface area (Å²) in [7, 11) is 0. The molecule has 1 aliphatic rings. The van der Waals surface area contributed by atoms with Gasteiger partial charge in [-0.05, 0) is 52.2 Å². The molecule has 1 aromatic carbocycles. The Morgan fingerprint density at radius 1 is 1.40 bits per heavy atom. The number of benzene rings is 1. The maximum absolute atomic E-state index is 12.1. The summed E-state index contributed by atoms with van der Waals surface area (Å²) in [6.45, 7) is 2.02. The summed E-state index contributed by atoms with van der Waals surface area (Å²) in [6, 6.07) is 6.06. The van der Waals surface area contributed by atoms with Crippen LogP contribution in [0.15, 0.2) is 33.6 Å². The summed E-state index contributed by atoms with van der Waals surface area (Å²) >= 11 is 8.03. The van der Waals surface area contributed by atoms with Gasteiger partial charge in [0.15, 0.2) is 5.69 Å². The molecule has 128 valence electrons. The van der Waals surface area contributed by atoms with Gasteiger partial charge in [-0.3, -0.25) is 4.79 Å². The molecule has 1 aliphatic heterocycles. The summed E-state index contributed by atoms with van der Waals surface area (Å²) in [5.74, 6) is 0.363. The number of fused-ring (bicyclic) bond motifs is 1. The minimum atomic E-state index is -0.330. The number of aromatic nitrogens is 2. The Balaban J connectivity index is 1.45. The Labute approximate surface area is 152 Å². The second-order valence-electron chi connectivity index (χ2n) is 5.81. The molecule has 0 radical (unpaired) electrons. The van der Waals surface area contributed by atoms with Crippen LogP contribution in [0.5, 0.6) is 5.75 Å². The highest BCUT2D eigenvalue weighted by Gasteiger charge is 2.27. The normalized spacial score (nSPS) is 15.7. The molecule has 1 atom stereocenters. The van der Waals surface area contributed by atoms with Crippen molar-refractivity contribution in [3.05, 3.63) is 50.9 Å². The monoisotopic (exact) mass is 375 g/mol. The van der Waals surface area contributed by atoms with E-state index in [-0.39, 0.29) is 17.7 Å². The molecule has 0 spiro atoms. The number of rotatable bonds is 4. The van der Waals surface area contributed by atoms with Crippen LogP contribution in [0.3, 0.4) is 0 Å². The van der Waals surface area contributed by atoms with Gasteiger partial charge in [-0.2, -0.15) is 11.3 Å². The molecule has 3 heterocycles. The van der Waals surface area contributed by atoms with E-state index in [1.54, 1.807) is 18.3 Å². The van der Waals surface area contributed by atoms with Crippen molar-refractivity contribution >= 4 is 28.8 Å². The van der Waals surface area contributed by atoms with E-state index in [4.69, 9.17) is 16.3 Å². The van der Waals surface area contributed by atoms with Crippen LogP contribution < -0.4 is 10.1 Å². The van der Waals surface area contributed by atoms with Crippen LogP contribution in [0.1, 0.15) is 21.7 Å². The third-order valence-corrected chi connectivity index (χ3v) is 5.03. The van der Waals surface area contributed by atoms with Gasteiger partial charge in [-0.25, -0.2) is 4.63 Å². The molecule has 0 bridgehead atoms. The highest BCUT2D eigenvalue weighted by molar-refractivity contribution is 7.08. The molecule has 0 saturated heterocycles. The van der Waals surface area contributed by atoms with Gasteiger partial charge in [0.1, 0.15) is 17.5 Å². The van der Waals surface area contributed by atoms with Gasteiger partial charge in [-0.15, -0.1) is 0 Å². The van der Waals surface area contributed by atoms with Crippen LogP contribution >= 0.6 is 22.9 Å². The minimum absolute atomic E-state index is 0.172. The van der Waals surface area contributed by atoms with Gasteiger partial charge in [0.25, 0.3) is 5.91 Å². The number of nitrogens with zero attached hydrogens (tertiary/aromatic N) is 2. The summed E-state index contributed by atoms with van der Waals surface area (Å²) < 4.78 is 10.4. The van der Waals surface area contributed by atoms with E-state index in [2.05, 4.69) is 37.8 Å². The number of aryl methyl sites for hydroxylation is 1. The van der Waals surface area contributed by atoms with Crippen molar-refractivity contribution in [2.45, 2.75) is 19.4 Å². The standard InChI is InChI=1S/C17H14ClN3O3S/c1-9-15(21-24-20-9)17(22)19-7-13-5-12-4-11(10-2-3-25-8-10)6-14(18)16(12)23-13/h2-4,6,8,13H,5,7H2,1H3,(H,19,22). The predicted octanol–water partition coefficient (Wildman–Crippen LogP) is 3.49. The Hall–Kier alpha value is -2.38. The number of amides is 1. The van der Waals surface area contributed by atoms with E-state index in [9.17, 15) is 4.79 Å². The third-order valence-electron chi connectivity index (χ3n) is 4.07. The number of ether oxygens (including phenoxy) is 1. The minimum Gasteiger partial charge on any atom is -0.486 e.